The Morgan fingerprint density at radius 1 is 1.05 bits per heavy atom. The summed E-state index contributed by atoms with van der Waals surface area (Å²) in [6.45, 7) is 0.925. The van der Waals surface area contributed by atoms with Gasteiger partial charge in [-0.05, 0) is 43.9 Å². The summed E-state index contributed by atoms with van der Waals surface area (Å²) in [5.41, 5.74) is 6.93. The van der Waals surface area contributed by atoms with E-state index in [-0.39, 0.29) is 13.0 Å². The molecule has 1 aromatic carbocycles. The van der Waals surface area contributed by atoms with Gasteiger partial charge in [-0.15, -0.1) is 0 Å². The lowest BCUT2D eigenvalue weighted by Gasteiger charge is -2.29. The number of nitrogens with two attached hydrogens (primary N) is 1. The fourth-order valence-corrected chi connectivity index (χ4v) is 5.07. The van der Waals surface area contributed by atoms with Crippen LogP contribution in [0.25, 0.3) is 10.9 Å². The number of amides is 4. The van der Waals surface area contributed by atoms with Gasteiger partial charge >= 0.3 is 5.97 Å². The molecule has 0 radical (unpaired) electrons. The average Bonchev–Trinajstić information content (AvgIpc) is 3.63. The summed E-state index contributed by atoms with van der Waals surface area (Å²) in [6, 6.07) is 3.66. The molecule has 12 heteroatoms. The molecule has 0 aliphatic carbocycles. The monoisotopic (exact) mass is 512 g/mol. The number of benzene rings is 1. The van der Waals surface area contributed by atoms with Crippen LogP contribution in [-0.2, 0) is 30.4 Å². The maximum Gasteiger partial charge on any atom is 0.326 e. The molecule has 0 bridgehead atoms. The number of aliphatic carboxylic acids is 1. The lowest BCUT2D eigenvalue weighted by Crippen LogP contribution is -2.57. The van der Waals surface area contributed by atoms with Gasteiger partial charge in [-0.3, -0.25) is 19.2 Å². The van der Waals surface area contributed by atoms with Gasteiger partial charge in [0.05, 0.1) is 12.5 Å². The minimum absolute atomic E-state index is 0.0561. The van der Waals surface area contributed by atoms with Crippen LogP contribution in [0.3, 0.4) is 0 Å². The fraction of sp³-hybridized carbons (Fsp3) is 0.480. The normalized spacial score (nSPS) is 20.9. The first-order valence-electron chi connectivity index (χ1n) is 12.5. The number of carbonyl (C=O) groups excluding carboxylic acids is 4. The molecule has 1 aromatic heterocycles. The predicted molar refractivity (Wildman–Crippen MR) is 133 cm³/mol. The number of carboxylic acids is 1. The first kappa shape index (κ1) is 26.1. The summed E-state index contributed by atoms with van der Waals surface area (Å²) in [4.78, 5) is 67.2. The van der Waals surface area contributed by atoms with Crippen LogP contribution in [0.5, 0.6) is 0 Å². The maximum absolute atomic E-state index is 13.4. The first-order valence-corrected chi connectivity index (χ1v) is 12.5. The highest BCUT2D eigenvalue weighted by molar-refractivity contribution is 5.96. The molecule has 0 saturated carbocycles. The van der Waals surface area contributed by atoms with Crippen molar-refractivity contribution in [2.45, 2.75) is 62.7 Å². The zero-order valence-corrected chi connectivity index (χ0v) is 20.4. The SMILES string of the molecule is NC(=O)CC(NC(=O)C1CCCN1)C(=O)N1CCCC1C(=O)NC(Cc1c[nH]c2ccccc12)C(=O)O. The van der Waals surface area contributed by atoms with Crippen LogP contribution in [0.4, 0.5) is 0 Å². The number of fused-ring (bicyclic) bond motifs is 1. The van der Waals surface area contributed by atoms with E-state index in [1.54, 1.807) is 6.20 Å². The molecular formula is C25H32N6O6. The second-order valence-electron chi connectivity index (χ2n) is 9.53. The van der Waals surface area contributed by atoms with Crippen molar-refractivity contribution in [3.8, 4) is 0 Å². The zero-order valence-electron chi connectivity index (χ0n) is 20.4. The Balaban J connectivity index is 1.45. The molecule has 4 rings (SSSR count). The van der Waals surface area contributed by atoms with Gasteiger partial charge in [-0.2, -0.15) is 0 Å². The number of carboxylic acid groups (broad SMARTS) is 1. The molecule has 2 aromatic rings. The largest absolute Gasteiger partial charge is 0.480 e. The van der Waals surface area contributed by atoms with Crippen LogP contribution in [0, 0.1) is 0 Å². The van der Waals surface area contributed by atoms with E-state index < -0.39 is 60.2 Å². The highest BCUT2D eigenvalue weighted by Gasteiger charge is 2.40. The van der Waals surface area contributed by atoms with Crippen LogP contribution in [0.15, 0.2) is 30.5 Å². The standard InChI is InChI=1S/C25H32N6O6/c26-21(32)12-18(29-22(33)17-7-3-9-27-17)24(35)31-10-4-8-20(31)23(34)30-19(25(36)37)11-14-13-28-16-6-2-1-5-15(14)16/h1-2,5-6,13,17-20,27-28H,3-4,7-12H2,(H2,26,32)(H,29,33)(H,30,34)(H,36,37). The molecule has 2 saturated heterocycles. The second kappa shape index (κ2) is 11.4. The number of hydrogen-bond acceptors (Lipinski definition) is 6. The van der Waals surface area contributed by atoms with Crippen molar-refractivity contribution in [2.75, 3.05) is 13.1 Å². The Hall–Kier alpha value is -3.93. The molecule has 37 heavy (non-hydrogen) atoms. The summed E-state index contributed by atoms with van der Waals surface area (Å²) >= 11 is 0. The quantitative estimate of drug-likeness (QED) is 0.245. The van der Waals surface area contributed by atoms with Gasteiger partial charge in [0.2, 0.25) is 23.6 Å². The number of primary amides is 1. The van der Waals surface area contributed by atoms with E-state index in [1.165, 1.54) is 4.90 Å². The summed E-state index contributed by atoms with van der Waals surface area (Å²) < 4.78 is 0. The third-order valence-electron chi connectivity index (χ3n) is 6.95. The Labute approximate surface area is 213 Å². The molecule has 3 heterocycles. The number of rotatable bonds is 10. The Bertz CT molecular complexity index is 1190. The van der Waals surface area contributed by atoms with Gasteiger partial charge in [0, 0.05) is 30.1 Å². The Kier molecular flexibility index (Phi) is 8.07. The maximum atomic E-state index is 13.4. The molecule has 0 spiro atoms. The van der Waals surface area contributed by atoms with Crippen molar-refractivity contribution < 1.29 is 29.1 Å². The number of aromatic amines is 1. The summed E-state index contributed by atoms with van der Waals surface area (Å²) in [7, 11) is 0. The van der Waals surface area contributed by atoms with Crippen molar-refractivity contribution >= 4 is 40.5 Å². The number of para-hydroxylation sites is 1. The van der Waals surface area contributed by atoms with Crippen LogP contribution < -0.4 is 21.7 Å². The summed E-state index contributed by atoms with van der Waals surface area (Å²) in [6.07, 6.45) is 3.66. The number of nitrogens with zero attached hydrogens (tertiary/aromatic N) is 1. The van der Waals surface area contributed by atoms with Crippen molar-refractivity contribution in [3.63, 3.8) is 0 Å². The Morgan fingerprint density at radius 3 is 2.51 bits per heavy atom. The smallest absolute Gasteiger partial charge is 0.326 e. The van der Waals surface area contributed by atoms with E-state index in [1.807, 2.05) is 24.3 Å². The number of carbonyl (C=O) groups is 5. The molecule has 7 N–H and O–H groups in total. The molecule has 2 aliphatic heterocycles. The molecule has 2 aliphatic rings. The number of H-pyrrole nitrogens is 1. The number of hydrogen-bond donors (Lipinski definition) is 6. The fourth-order valence-electron chi connectivity index (χ4n) is 5.07. The van der Waals surface area contributed by atoms with Crippen LogP contribution in [0.1, 0.15) is 37.7 Å². The predicted octanol–water partition coefficient (Wildman–Crippen LogP) is -0.617. The third-order valence-corrected chi connectivity index (χ3v) is 6.95. The second-order valence-corrected chi connectivity index (χ2v) is 9.53. The summed E-state index contributed by atoms with van der Waals surface area (Å²) in [5, 5.41) is 18.9. The molecule has 4 atom stereocenters. The number of nitrogens with one attached hydrogen (secondary N) is 4. The lowest BCUT2D eigenvalue weighted by molar-refractivity contribution is -0.145. The Morgan fingerprint density at radius 2 is 1.81 bits per heavy atom. The highest BCUT2D eigenvalue weighted by atomic mass is 16.4. The van der Waals surface area contributed by atoms with E-state index in [4.69, 9.17) is 5.73 Å². The van der Waals surface area contributed by atoms with Crippen molar-refractivity contribution in [1.82, 2.24) is 25.8 Å². The van der Waals surface area contributed by atoms with E-state index >= 15 is 0 Å². The van der Waals surface area contributed by atoms with Crippen molar-refractivity contribution in [1.29, 1.82) is 0 Å². The highest BCUT2D eigenvalue weighted by Crippen LogP contribution is 2.22. The van der Waals surface area contributed by atoms with Crippen LogP contribution in [0.2, 0.25) is 0 Å². The van der Waals surface area contributed by atoms with Gasteiger partial charge in [0.1, 0.15) is 18.1 Å². The van der Waals surface area contributed by atoms with Crippen LogP contribution >= 0.6 is 0 Å². The van der Waals surface area contributed by atoms with Gasteiger partial charge in [-0.25, -0.2) is 4.79 Å². The summed E-state index contributed by atoms with van der Waals surface area (Å²) in [5.74, 6) is -3.55. The van der Waals surface area contributed by atoms with Crippen LogP contribution in [-0.4, -0.2) is 81.8 Å². The molecule has 2 fully saturated rings. The van der Waals surface area contributed by atoms with Gasteiger partial charge in [0.15, 0.2) is 0 Å². The van der Waals surface area contributed by atoms with Gasteiger partial charge in [0.25, 0.3) is 0 Å². The lowest BCUT2D eigenvalue weighted by atomic mass is 10.0. The molecule has 4 amide bonds. The third kappa shape index (κ3) is 6.08. The van der Waals surface area contributed by atoms with Gasteiger partial charge in [-0.1, -0.05) is 18.2 Å². The molecule has 198 valence electrons. The van der Waals surface area contributed by atoms with Crippen molar-refractivity contribution in [3.05, 3.63) is 36.0 Å². The molecule has 4 unspecified atom stereocenters. The number of aromatic nitrogens is 1. The minimum atomic E-state index is -1.21. The zero-order chi connectivity index (χ0) is 26.5. The molecule has 12 nitrogen and oxygen atoms in total. The van der Waals surface area contributed by atoms with Gasteiger partial charge < -0.3 is 36.7 Å². The average molecular weight is 513 g/mol. The van der Waals surface area contributed by atoms with E-state index in [0.717, 1.165) is 22.9 Å². The minimum Gasteiger partial charge on any atom is -0.480 e. The van der Waals surface area contributed by atoms with E-state index in [0.29, 0.717) is 25.8 Å². The number of likely N-dealkylation sites (tertiary alicyclic amines) is 1. The van der Waals surface area contributed by atoms with E-state index in [9.17, 15) is 29.1 Å². The molecular weight excluding hydrogens is 480 g/mol. The van der Waals surface area contributed by atoms with Crippen molar-refractivity contribution in [2.24, 2.45) is 5.73 Å². The topological polar surface area (TPSA) is 187 Å². The van der Waals surface area contributed by atoms with E-state index in [2.05, 4.69) is 20.9 Å². The first-order chi connectivity index (χ1) is 17.7.